The van der Waals surface area contributed by atoms with Crippen LogP contribution in [0.2, 0.25) is 0 Å². The maximum absolute atomic E-state index is 12.4. The monoisotopic (exact) mass is 415 g/mol. The van der Waals surface area contributed by atoms with Crippen LogP contribution in [0.25, 0.3) is 11.4 Å². The summed E-state index contributed by atoms with van der Waals surface area (Å²) in [7, 11) is 0. The Morgan fingerprint density at radius 1 is 1.19 bits per heavy atom. The minimum absolute atomic E-state index is 0.0831. The second-order valence-electron chi connectivity index (χ2n) is 6.44. The summed E-state index contributed by atoms with van der Waals surface area (Å²) < 4.78 is 11.4. The van der Waals surface area contributed by atoms with Crippen LogP contribution in [0.4, 0.5) is 0 Å². The number of likely N-dealkylation sites (tertiary alicyclic amines) is 1. The first-order valence-electron chi connectivity index (χ1n) is 8.56. The van der Waals surface area contributed by atoms with Gasteiger partial charge in [-0.25, -0.2) is 0 Å². The Bertz CT molecular complexity index is 926. The summed E-state index contributed by atoms with van der Waals surface area (Å²) in [5, 5.41) is 4.14. The number of nitrogens with zero attached hydrogens (tertiary/aromatic N) is 3. The van der Waals surface area contributed by atoms with E-state index in [-0.39, 0.29) is 11.8 Å². The highest BCUT2D eigenvalue weighted by Crippen LogP contribution is 2.30. The van der Waals surface area contributed by atoms with Crippen LogP contribution < -0.4 is 0 Å². The molecule has 134 valence electrons. The number of furan rings is 1. The third kappa shape index (κ3) is 3.31. The largest absolute Gasteiger partial charge is 0.444 e. The lowest BCUT2D eigenvalue weighted by Gasteiger charge is -2.29. The molecule has 0 aliphatic carbocycles. The third-order valence-electron chi connectivity index (χ3n) is 4.74. The number of benzene rings is 1. The Balaban J connectivity index is 1.42. The third-order valence-corrected chi connectivity index (χ3v) is 5.17. The number of amides is 1. The molecule has 0 atom stereocenters. The molecule has 0 bridgehead atoms. The van der Waals surface area contributed by atoms with Crippen LogP contribution in [0, 0.1) is 6.92 Å². The van der Waals surface area contributed by atoms with Crippen molar-refractivity contribution in [3.05, 3.63) is 58.3 Å². The number of hydrogen-bond acceptors (Lipinski definition) is 5. The lowest BCUT2D eigenvalue weighted by Crippen LogP contribution is -2.37. The molecule has 1 amide bonds. The quantitative estimate of drug-likeness (QED) is 0.632. The molecule has 1 aliphatic rings. The molecular formula is C19H18BrN3O3. The molecule has 0 radical (unpaired) electrons. The molecule has 6 nitrogen and oxygen atoms in total. The van der Waals surface area contributed by atoms with Crippen LogP contribution in [0.5, 0.6) is 0 Å². The van der Waals surface area contributed by atoms with Crippen molar-refractivity contribution in [3.8, 4) is 11.4 Å². The van der Waals surface area contributed by atoms with Crippen LogP contribution in [0.15, 0.2) is 50.0 Å². The van der Waals surface area contributed by atoms with Gasteiger partial charge in [0.05, 0.1) is 0 Å². The standard InChI is InChI=1S/C19H18BrN3O3/c1-12-4-2-3-5-14(12)17-21-18(26-22-17)13-8-10-23(11-9-13)19(24)15-6-7-16(20)25-15/h2-7,13H,8-11H2,1H3. The summed E-state index contributed by atoms with van der Waals surface area (Å²) in [6.07, 6.45) is 1.59. The maximum atomic E-state index is 12.4. The van der Waals surface area contributed by atoms with Gasteiger partial charge < -0.3 is 13.8 Å². The Hall–Kier alpha value is -2.41. The lowest BCUT2D eigenvalue weighted by atomic mass is 9.96. The number of hydrogen-bond donors (Lipinski definition) is 0. The van der Waals surface area contributed by atoms with Crippen LogP contribution >= 0.6 is 15.9 Å². The topological polar surface area (TPSA) is 72.4 Å². The van der Waals surface area contributed by atoms with Crippen LogP contribution in [-0.4, -0.2) is 34.0 Å². The van der Waals surface area contributed by atoms with E-state index in [0.29, 0.717) is 35.2 Å². The molecule has 1 fully saturated rings. The smallest absolute Gasteiger partial charge is 0.289 e. The van der Waals surface area contributed by atoms with E-state index in [1.165, 1.54) is 0 Å². The number of piperidine rings is 1. The molecule has 0 unspecified atom stereocenters. The van der Waals surface area contributed by atoms with Gasteiger partial charge >= 0.3 is 0 Å². The number of carbonyl (C=O) groups is 1. The molecular weight excluding hydrogens is 398 g/mol. The zero-order valence-electron chi connectivity index (χ0n) is 14.3. The molecule has 3 aromatic rings. The maximum Gasteiger partial charge on any atom is 0.289 e. The molecule has 0 saturated carbocycles. The number of aromatic nitrogens is 2. The molecule has 0 N–H and O–H groups in total. The predicted octanol–water partition coefficient (Wildman–Crippen LogP) is 4.42. The Labute approximate surface area is 159 Å². The molecule has 1 aliphatic heterocycles. The highest BCUT2D eigenvalue weighted by atomic mass is 79.9. The average Bonchev–Trinajstić information content (AvgIpc) is 3.31. The highest BCUT2D eigenvalue weighted by Gasteiger charge is 2.29. The molecule has 1 saturated heterocycles. The van der Waals surface area contributed by atoms with E-state index in [1.807, 2.05) is 31.2 Å². The molecule has 4 rings (SSSR count). The molecule has 0 spiro atoms. The van der Waals surface area contributed by atoms with Crippen LogP contribution in [0.1, 0.15) is 40.8 Å². The van der Waals surface area contributed by atoms with Crippen molar-refractivity contribution in [1.82, 2.24) is 15.0 Å². The van der Waals surface area contributed by atoms with Crippen molar-refractivity contribution in [2.45, 2.75) is 25.7 Å². The normalized spacial score (nSPS) is 15.4. The Morgan fingerprint density at radius 2 is 1.96 bits per heavy atom. The first-order valence-corrected chi connectivity index (χ1v) is 9.35. The second kappa shape index (κ2) is 7.07. The van der Waals surface area contributed by atoms with Gasteiger partial charge in [0.25, 0.3) is 5.91 Å². The first-order chi connectivity index (χ1) is 12.6. The summed E-state index contributed by atoms with van der Waals surface area (Å²) in [6, 6.07) is 11.4. The number of halogens is 1. The summed E-state index contributed by atoms with van der Waals surface area (Å²) >= 11 is 3.23. The first kappa shape index (κ1) is 17.0. The molecule has 2 aromatic heterocycles. The van der Waals surface area contributed by atoms with E-state index in [4.69, 9.17) is 8.94 Å². The number of carbonyl (C=O) groups excluding carboxylic acids is 1. The van der Waals surface area contributed by atoms with E-state index in [0.717, 1.165) is 24.0 Å². The fraction of sp³-hybridized carbons (Fsp3) is 0.316. The highest BCUT2D eigenvalue weighted by molar-refractivity contribution is 9.10. The SMILES string of the molecule is Cc1ccccc1-c1noc(C2CCN(C(=O)c3ccc(Br)o3)CC2)n1. The van der Waals surface area contributed by atoms with Crippen LogP contribution in [0.3, 0.4) is 0 Å². The molecule has 3 heterocycles. The van der Waals surface area contributed by atoms with Crippen molar-refractivity contribution in [2.75, 3.05) is 13.1 Å². The van der Waals surface area contributed by atoms with Crippen molar-refractivity contribution < 1.29 is 13.7 Å². The van der Waals surface area contributed by atoms with E-state index < -0.39 is 0 Å². The van der Waals surface area contributed by atoms with Crippen molar-refractivity contribution >= 4 is 21.8 Å². The summed E-state index contributed by atoms with van der Waals surface area (Å²) in [6.45, 7) is 3.32. The summed E-state index contributed by atoms with van der Waals surface area (Å²) in [5.41, 5.74) is 2.10. The predicted molar refractivity (Wildman–Crippen MR) is 98.8 cm³/mol. The van der Waals surface area contributed by atoms with Gasteiger partial charge in [0.15, 0.2) is 10.4 Å². The fourth-order valence-electron chi connectivity index (χ4n) is 3.25. The minimum Gasteiger partial charge on any atom is -0.444 e. The van der Waals surface area contributed by atoms with E-state index in [1.54, 1.807) is 17.0 Å². The minimum atomic E-state index is -0.0831. The average molecular weight is 416 g/mol. The van der Waals surface area contributed by atoms with E-state index >= 15 is 0 Å². The van der Waals surface area contributed by atoms with Crippen molar-refractivity contribution in [1.29, 1.82) is 0 Å². The van der Waals surface area contributed by atoms with Gasteiger partial charge in [0.1, 0.15) is 0 Å². The molecule has 7 heteroatoms. The van der Waals surface area contributed by atoms with Gasteiger partial charge in [-0.15, -0.1) is 0 Å². The fourth-order valence-corrected chi connectivity index (χ4v) is 3.56. The second-order valence-corrected chi connectivity index (χ2v) is 7.22. The number of aryl methyl sites for hydroxylation is 1. The van der Waals surface area contributed by atoms with Gasteiger partial charge in [0, 0.05) is 24.6 Å². The van der Waals surface area contributed by atoms with E-state index in [9.17, 15) is 4.79 Å². The van der Waals surface area contributed by atoms with Gasteiger partial charge in [-0.1, -0.05) is 29.4 Å². The lowest BCUT2D eigenvalue weighted by molar-refractivity contribution is 0.0671. The Kier molecular flexibility index (Phi) is 4.63. The van der Waals surface area contributed by atoms with Gasteiger partial charge in [-0.2, -0.15) is 4.98 Å². The molecule has 1 aromatic carbocycles. The summed E-state index contributed by atoms with van der Waals surface area (Å²) in [5.74, 6) is 1.72. The van der Waals surface area contributed by atoms with Gasteiger partial charge in [-0.05, 0) is 53.4 Å². The van der Waals surface area contributed by atoms with Gasteiger partial charge in [0.2, 0.25) is 11.7 Å². The molecule has 26 heavy (non-hydrogen) atoms. The van der Waals surface area contributed by atoms with Crippen molar-refractivity contribution in [2.24, 2.45) is 0 Å². The van der Waals surface area contributed by atoms with Crippen molar-refractivity contribution in [3.63, 3.8) is 0 Å². The summed E-state index contributed by atoms with van der Waals surface area (Å²) in [4.78, 5) is 18.8. The Morgan fingerprint density at radius 3 is 2.65 bits per heavy atom. The zero-order chi connectivity index (χ0) is 18.1. The van der Waals surface area contributed by atoms with E-state index in [2.05, 4.69) is 26.1 Å². The van der Waals surface area contributed by atoms with Crippen LogP contribution in [-0.2, 0) is 0 Å². The zero-order valence-corrected chi connectivity index (χ0v) is 15.9. The number of rotatable bonds is 3. The van der Waals surface area contributed by atoms with Gasteiger partial charge in [-0.3, -0.25) is 4.79 Å².